The summed E-state index contributed by atoms with van der Waals surface area (Å²) >= 11 is 0. The Labute approximate surface area is 148 Å². The number of hydrogen-bond acceptors (Lipinski definition) is 5. The molecule has 1 N–H and O–H groups in total. The molecule has 2 fully saturated rings. The fourth-order valence-electron chi connectivity index (χ4n) is 3.41. The number of hydrogen-bond donors (Lipinski definition) is 1. The minimum Gasteiger partial charge on any atom is -0.378 e. The Morgan fingerprint density at radius 1 is 1.28 bits per heavy atom. The number of nitrogens with one attached hydrogen (secondary N) is 1. The second kappa shape index (κ2) is 7.97. The van der Waals surface area contributed by atoms with Crippen LogP contribution in [-0.2, 0) is 9.53 Å². The Balaban J connectivity index is 1.63. The number of piperidine rings is 1. The second-order valence-corrected chi connectivity index (χ2v) is 7.03. The molecule has 0 aliphatic carbocycles. The number of morpholine rings is 1. The van der Waals surface area contributed by atoms with Crippen molar-refractivity contribution in [2.24, 2.45) is 0 Å². The number of carbonyl (C=O) groups is 2. The van der Waals surface area contributed by atoms with Gasteiger partial charge in [0.05, 0.1) is 19.8 Å². The molecule has 8 heteroatoms. The zero-order chi connectivity index (χ0) is 17.8. The van der Waals surface area contributed by atoms with Crippen LogP contribution in [0.15, 0.2) is 6.07 Å². The van der Waals surface area contributed by atoms with E-state index in [2.05, 4.69) is 10.2 Å². The Kier molecular flexibility index (Phi) is 5.70. The van der Waals surface area contributed by atoms with Gasteiger partial charge in [0.25, 0.3) is 5.91 Å². The first-order chi connectivity index (χ1) is 12.0. The van der Waals surface area contributed by atoms with E-state index in [9.17, 15) is 9.59 Å². The zero-order valence-electron chi connectivity index (χ0n) is 15.0. The summed E-state index contributed by atoms with van der Waals surface area (Å²) < 4.78 is 5.28. The first kappa shape index (κ1) is 17.9. The van der Waals surface area contributed by atoms with Crippen LogP contribution in [0.4, 0.5) is 0 Å². The van der Waals surface area contributed by atoms with Crippen molar-refractivity contribution in [1.29, 1.82) is 0 Å². The van der Waals surface area contributed by atoms with Crippen LogP contribution in [0.25, 0.3) is 0 Å². The van der Waals surface area contributed by atoms with Gasteiger partial charge in [-0.3, -0.25) is 14.7 Å². The Morgan fingerprint density at radius 3 is 2.76 bits per heavy atom. The highest BCUT2D eigenvalue weighted by molar-refractivity contribution is 5.92. The molecule has 0 bridgehead atoms. The fraction of sp³-hybridized carbons (Fsp3) is 0.706. The van der Waals surface area contributed by atoms with Gasteiger partial charge in [0.2, 0.25) is 5.91 Å². The summed E-state index contributed by atoms with van der Waals surface area (Å²) in [4.78, 5) is 30.4. The second-order valence-electron chi connectivity index (χ2n) is 7.03. The lowest BCUT2D eigenvalue weighted by Crippen LogP contribution is -2.43. The zero-order valence-corrected chi connectivity index (χ0v) is 15.0. The van der Waals surface area contributed by atoms with E-state index >= 15 is 0 Å². The predicted molar refractivity (Wildman–Crippen MR) is 92.4 cm³/mol. The molecule has 3 heterocycles. The third-order valence-electron chi connectivity index (χ3n) is 4.78. The predicted octanol–water partition coefficient (Wildman–Crippen LogP) is 0.150. The van der Waals surface area contributed by atoms with Crippen molar-refractivity contribution in [3.63, 3.8) is 0 Å². The summed E-state index contributed by atoms with van der Waals surface area (Å²) in [6.07, 6.45) is 1.97. The first-order valence-corrected chi connectivity index (χ1v) is 8.89. The molecular formula is C17H27N5O3. The van der Waals surface area contributed by atoms with Gasteiger partial charge in [-0.25, -0.2) is 0 Å². The van der Waals surface area contributed by atoms with Crippen LogP contribution in [0.1, 0.15) is 34.9 Å². The minimum absolute atomic E-state index is 0.0536. The number of likely N-dealkylation sites (N-methyl/N-ethyl adjacent to an activating group) is 1. The third-order valence-corrected chi connectivity index (χ3v) is 4.78. The topological polar surface area (TPSA) is 81.8 Å². The molecule has 0 spiro atoms. The highest BCUT2D eigenvalue weighted by Gasteiger charge is 2.28. The van der Waals surface area contributed by atoms with Crippen molar-refractivity contribution in [3.8, 4) is 0 Å². The van der Waals surface area contributed by atoms with E-state index in [-0.39, 0.29) is 17.7 Å². The maximum absolute atomic E-state index is 12.5. The molecule has 2 saturated heterocycles. The van der Waals surface area contributed by atoms with Crippen molar-refractivity contribution < 1.29 is 14.3 Å². The molecule has 0 radical (unpaired) electrons. The number of carbonyl (C=O) groups excluding carboxylic acids is 2. The number of amides is 2. The molecule has 0 aromatic carbocycles. The smallest absolute Gasteiger partial charge is 0.274 e. The van der Waals surface area contributed by atoms with Crippen molar-refractivity contribution in [1.82, 2.24) is 24.9 Å². The van der Waals surface area contributed by atoms with Gasteiger partial charge in [0.15, 0.2) is 0 Å². The highest BCUT2D eigenvalue weighted by Crippen LogP contribution is 2.26. The molecule has 1 atom stereocenters. The number of rotatable bonds is 4. The highest BCUT2D eigenvalue weighted by atomic mass is 16.5. The molecule has 0 saturated carbocycles. The van der Waals surface area contributed by atoms with E-state index in [0.717, 1.165) is 25.1 Å². The van der Waals surface area contributed by atoms with Crippen LogP contribution in [0, 0.1) is 0 Å². The quantitative estimate of drug-likeness (QED) is 0.837. The molecule has 25 heavy (non-hydrogen) atoms. The van der Waals surface area contributed by atoms with E-state index in [4.69, 9.17) is 4.74 Å². The Morgan fingerprint density at radius 2 is 2.04 bits per heavy atom. The lowest BCUT2D eigenvalue weighted by Gasteiger charge is -2.33. The Hall–Kier alpha value is -1.93. The average molecular weight is 349 g/mol. The standard InChI is InChI=1S/C17H27N5O3/c1-20(2)12-16(23)22-5-3-4-13(11-22)14-10-15(19-18-14)17(24)21-6-8-25-9-7-21/h10,13H,3-9,11-12H2,1-2H3,(H,18,19). The fourth-order valence-corrected chi connectivity index (χ4v) is 3.41. The van der Waals surface area contributed by atoms with Gasteiger partial charge in [-0.15, -0.1) is 0 Å². The summed E-state index contributed by atoms with van der Waals surface area (Å²) in [5, 5.41) is 7.23. The minimum atomic E-state index is -0.0536. The monoisotopic (exact) mass is 349 g/mol. The van der Waals surface area contributed by atoms with E-state index in [1.54, 1.807) is 4.90 Å². The van der Waals surface area contributed by atoms with Crippen LogP contribution in [0.2, 0.25) is 0 Å². The average Bonchev–Trinajstić information content (AvgIpc) is 3.11. The van der Waals surface area contributed by atoms with Crippen molar-refractivity contribution in [2.45, 2.75) is 18.8 Å². The van der Waals surface area contributed by atoms with Gasteiger partial charge < -0.3 is 19.4 Å². The van der Waals surface area contributed by atoms with Crippen molar-refractivity contribution >= 4 is 11.8 Å². The van der Waals surface area contributed by atoms with Gasteiger partial charge >= 0.3 is 0 Å². The van der Waals surface area contributed by atoms with Gasteiger partial charge in [-0.05, 0) is 33.0 Å². The molecule has 1 unspecified atom stereocenters. The first-order valence-electron chi connectivity index (χ1n) is 8.89. The summed E-state index contributed by atoms with van der Waals surface area (Å²) in [5.74, 6) is 0.305. The number of H-pyrrole nitrogens is 1. The molecule has 1 aromatic rings. The summed E-state index contributed by atoms with van der Waals surface area (Å²) in [5.41, 5.74) is 1.40. The van der Waals surface area contributed by atoms with E-state index in [0.29, 0.717) is 45.1 Å². The van der Waals surface area contributed by atoms with Crippen LogP contribution in [0.3, 0.4) is 0 Å². The number of aromatic nitrogens is 2. The summed E-state index contributed by atoms with van der Waals surface area (Å²) in [6, 6.07) is 1.85. The van der Waals surface area contributed by atoms with Crippen LogP contribution >= 0.6 is 0 Å². The maximum Gasteiger partial charge on any atom is 0.274 e. The van der Waals surface area contributed by atoms with Crippen molar-refractivity contribution in [2.75, 3.05) is 60.0 Å². The lowest BCUT2D eigenvalue weighted by molar-refractivity contribution is -0.133. The molecule has 1 aromatic heterocycles. The van der Waals surface area contributed by atoms with Gasteiger partial charge in [0, 0.05) is 37.8 Å². The van der Waals surface area contributed by atoms with Gasteiger partial charge in [-0.2, -0.15) is 5.10 Å². The largest absolute Gasteiger partial charge is 0.378 e. The van der Waals surface area contributed by atoms with Gasteiger partial charge in [0.1, 0.15) is 5.69 Å². The number of ether oxygens (including phenoxy) is 1. The van der Waals surface area contributed by atoms with Gasteiger partial charge in [-0.1, -0.05) is 0 Å². The normalized spacial score (nSPS) is 21.6. The molecule has 2 aliphatic heterocycles. The third kappa shape index (κ3) is 4.38. The van der Waals surface area contributed by atoms with Crippen LogP contribution in [0.5, 0.6) is 0 Å². The van der Waals surface area contributed by atoms with Crippen molar-refractivity contribution in [3.05, 3.63) is 17.5 Å². The maximum atomic E-state index is 12.5. The summed E-state index contributed by atoms with van der Waals surface area (Å²) in [7, 11) is 3.80. The SMILES string of the molecule is CN(C)CC(=O)N1CCCC(c2cc(C(=O)N3CCOCC3)n[nH]2)C1. The number of nitrogens with zero attached hydrogens (tertiary/aromatic N) is 4. The van der Waals surface area contributed by atoms with Crippen LogP contribution in [-0.4, -0.2) is 96.7 Å². The Bertz CT molecular complexity index is 609. The van der Waals surface area contributed by atoms with Crippen LogP contribution < -0.4 is 0 Å². The summed E-state index contributed by atoms with van der Waals surface area (Å²) in [6.45, 7) is 4.28. The lowest BCUT2D eigenvalue weighted by atomic mass is 9.94. The molecular weight excluding hydrogens is 322 g/mol. The van der Waals surface area contributed by atoms with E-state index in [1.165, 1.54) is 0 Å². The van der Waals surface area contributed by atoms with E-state index < -0.39 is 0 Å². The number of likely N-dealkylation sites (tertiary alicyclic amines) is 1. The molecule has 8 nitrogen and oxygen atoms in total. The van der Waals surface area contributed by atoms with E-state index in [1.807, 2.05) is 30.0 Å². The number of aromatic amines is 1. The molecule has 2 aliphatic rings. The molecule has 3 rings (SSSR count). The molecule has 2 amide bonds. The molecule has 138 valence electrons.